The molecule has 2 fully saturated rings. The second-order valence-corrected chi connectivity index (χ2v) is 7.56. The molecule has 1 aromatic rings. The number of piperazine rings is 1. The third-order valence-electron chi connectivity index (χ3n) is 5.72. The van der Waals surface area contributed by atoms with Crippen molar-refractivity contribution in [3.8, 4) is 0 Å². The minimum atomic E-state index is -0.387. The van der Waals surface area contributed by atoms with Crippen molar-refractivity contribution in [1.29, 1.82) is 0 Å². The van der Waals surface area contributed by atoms with Crippen LogP contribution in [0.3, 0.4) is 0 Å². The Morgan fingerprint density at radius 3 is 2.48 bits per heavy atom. The number of benzene rings is 1. The van der Waals surface area contributed by atoms with E-state index in [2.05, 4.69) is 20.1 Å². The molecule has 0 saturated carbocycles. The van der Waals surface area contributed by atoms with Gasteiger partial charge in [0.15, 0.2) is 5.96 Å². The highest BCUT2D eigenvalue weighted by molar-refractivity contribution is 5.82. The van der Waals surface area contributed by atoms with E-state index in [4.69, 9.17) is 0 Å². The topological polar surface area (TPSA) is 94.3 Å². The Kier molecular flexibility index (Phi) is 7.03. The van der Waals surface area contributed by atoms with Gasteiger partial charge in [0.1, 0.15) is 0 Å². The molecule has 9 heteroatoms. The van der Waals surface area contributed by atoms with Crippen LogP contribution < -0.4 is 5.32 Å². The summed E-state index contributed by atoms with van der Waals surface area (Å²) in [6.45, 7) is 7.42. The predicted molar refractivity (Wildman–Crippen MR) is 112 cm³/mol. The Morgan fingerprint density at radius 1 is 1.17 bits per heavy atom. The van der Waals surface area contributed by atoms with Crippen molar-refractivity contribution < 1.29 is 9.72 Å². The monoisotopic (exact) mass is 402 g/mol. The van der Waals surface area contributed by atoms with Crippen LogP contribution in [0.4, 0.5) is 5.69 Å². The fourth-order valence-electron chi connectivity index (χ4n) is 3.97. The van der Waals surface area contributed by atoms with E-state index in [1.807, 2.05) is 17.9 Å². The van der Waals surface area contributed by atoms with Gasteiger partial charge < -0.3 is 15.1 Å². The first-order chi connectivity index (χ1) is 14.0. The van der Waals surface area contributed by atoms with Gasteiger partial charge in [-0.25, -0.2) is 0 Å². The Labute approximate surface area is 171 Å². The zero-order valence-corrected chi connectivity index (χ0v) is 17.2. The van der Waals surface area contributed by atoms with E-state index in [1.165, 1.54) is 6.07 Å². The molecule has 2 aliphatic rings. The lowest BCUT2D eigenvalue weighted by Gasteiger charge is -2.39. The Bertz CT molecular complexity index is 754. The summed E-state index contributed by atoms with van der Waals surface area (Å²) in [6.07, 6.45) is 2.22. The van der Waals surface area contributed by atoms with Crippen LogP contribution in [0.2, 0.25) is 0 Å². The van der Waals surface area contributed by atoms with Gasteiger partial charge >= 0.3 is 0 Å². The molecule has 158 valence electrons. The molecule has 9 nitrogen and oxygen atoms in total. The molecule has 0 aromatic heterocycles. The van der Waals surface area contributed by atoms with E-state index in [0.29, 0.717) is 6.54 Å². The summed E-state index contributed by atoms with van der Waals surface area (Å²) in [5, 5.41) is 14.2. The zero-order chi connectivity index (χ0) is 20.8. The summed E-state index contributed by atoms with van der Waals surface area (Å²) in [6, 6.07) is 6.52. The number of non-ortho nitro benzene ring substituents is 1. The van der Waals surface area contributed by atoms with Crippen molar-refractivity contribution >= 4 is 17.6 Å². The summed E-state index contributed by atoms with van der Waals surface area (Å²) >= 11 is 0. The smallest absolute Gasteiger partial charge is 0.269 e. The number of nitrogens with zero attached hydrogens (tertiary/aromatic N) is 5. The van der Waals surface area contributed by atoms with Crippen molar-refractivity contribution in [2.45, 2.75) is 32.4 Å². The molecule has 1 atom stereocenters. The number of carbonyl (C=O) groups is 1. The average molecular weight is 402 g/mol. The number of guanidine groups is 1. The van der Waals surface area contributed by atoms with Gasteiger partial charge in [0.2, 0.25) is 5.91 Å². The second kappa shape index (κ2) is 9.69. The van der Waals surface area contributed by atoms with E-state index >= 15 is 0 Å². The van der Waals surface area contributed by atoms with Crippen LogP contribution in [0.25, 0.3) is 0 Å². The predicted octanol–water partition coefficient (Wildman–Crippen LogP) is 1.30. The SMILES string of the molecule is CN=C(NCc1cccc([N+](=O)[O-])c1)N1CCN(C(C)C(=O)N2CCCC2)CC1. The minimum Gasteiger partial charge on any atom is -0.352 e. The van der Waals surface area contributed by atoms with Crippen LogP contribution in [0, 0.1) is 10.1 Å². The van der Waals surface area contributed by atoms with Gasteiger partial charge in [0.25, 0.3) is 5.69 Å². The Morgan fingerprint density at radius 2 is 1.86 bits per heavy atom. The molecule has 0 bridgehead atoms. The van der Waals surface area contributed by atoms with Gasteiger partial charge in [-0.1, -0.05) is 12.1 Å². The molecule has 1 aromatic carbocycles. The lowest BCUT2D eigenvalue weighted by atomic mass is 10.2. The number of nitro groups is 1. The first kappa shape index (κ1) is 21.0. The van der Waals surface area contributed by atoms with Gasteiger partial charge in [-0.3, -0.25) is 24.8 Å². The number of likely N-dealkylation sites (tertiary alicyclic amines) is 1. The number of hydrogen-bond donors (Lipinski definition) is 1. The average Bonchev–Trinajstić information content (AvgIpc) is 3.28. The van der Waals surface area contributed by atoms with Crippen molar-refractivity contribution in [3.05, 3.63) is 39.9 Å². The summed E-state index contributed by atoms with van der Waals surface area (Å²) < 4.78 is 0. The first-order valence-corrected chi connectivity index (χ1v) is 10.2. The van der Waals surface area contributed by atoms with Crippen molar-refractivity contribution in [3.63, 3.8) is 0 Å². The molecular formula is C20H30N6O3. The zero-order valence-electron chi connectivity index (χ0n) is 17.2. The molecule has 3 rings (SSSR count). The Hall–Kier alpha value is -2.68. The van der Waals surface area contributed by atoms with E-state index in [9.17, 15) is 14.9 Å². The number of carbonyl (C=O) groups excluding carboxylic acids is 1. The van der Waals surface area contributed by atoms with E-state index in [-0.39, 0.29) is 22.6 Å². The van der Waals surface area contributed by atoms with Gasteiger partial charge in [0.05, 0.1) is 11.0 Å². The summed E-state index contributed by atoms with van der Waals surface area (Å²) in [5.74, 6) is 1.01. The number of rotatable bonds is 5. The quantitative estimate of drug-likeness (QED) is 0.345. The fraction of sp³-hybridized carbons (Fsp3) is 0.600. The van der Waals surface area contributed by atoms with Gasteiger partial charge in [-0.2, -0.15) is 0 Å². The molecule has 0 radical (unpaired) electrons. The van der Waals surface area contributed by atoms with Gasteiger partial charge in [-0.05, 0) is 25.3 Å². The standard InChI is InChI=1S/C20H30N6O3/c1-16(19(27)24-8-3-4-9-24)23-10-12-25(13-11-23)20(21-2)22-15-17-6-5-7-18(14-17)26(28)29/h5-7,14,16H,3-4,8-13,15H2,1-2H3,(H,21,22). The number of aliphatic imine (C=N–C) groups is 1. The van der Waals surface area contributed by atoms with Crippen LogP contribution in [-0.2, 0) is 11.3 Å². The van der Waals surface area contributed by atoms with E-state index in [0.717, 1.165) is 63.6 Å². The van der Waals surface area contributed by atoms with E-state index in [1.54, 1.807) is 19.2 Å². The van der Waals surface area contributed by atoms with Crippen LogP contribution in [0.1, 0.15) is 25.3 Å². The maximum Gasteiger partial charge on any atom is 0.269 e. The number of nitro benzene ring substituents is 1. The molecule has 1 unspecified atom stereocenters. The molecule has 0 aliphatic carbocycles. The number of amides is 1. The molecule has 1 amide bonds. The molecular weight excluding hydrogens is 372 g/mol. The summed E-state index contributed by atoms with van der Waals surface area (Å²) in [4.78, 5) is 33.9. The fourth-order valence-corrected chi connectivity index (χ4v) is 3.97. The highest BCUT2D eigenvalue weighted by Crippen LogP contribution is 2.15. The Balaban J connectivity index is 1.50. The van der Waals surface area contributed by atoms with E-state index < -0.39 is 0 Å². The van der Waals surface area contributed by atoms with Crippen LogP contribution in [0.15, 0.2) is 29.3 Å². The lowest BCUT2D eigenvalue weighted by Crippen LogP contribution is -2.57. The highest BCUT2D eigenvalue weighted by atomic mass is 16.6. The minimum absolute atomic E-state index is 0.0876. The molecule has 1 N–H and O–H groups in total. The molecule has 2 saturated heterocycles. The maximum absolute atomic E-state index is 12.6. The van der Waals surface area contributed by atoms with Crippen molar-refractivity contribution in [2.75, 3.05) is 46.3 Å². The normalized spacial score (nSPS) is 19.3. The largest absolute Gasteiger partial charge is 0.352 e. The molecule has 29 heavy (non-hydrogen) atoms. The van der Waals surface area contributed by atoms with Crippen molar-refractivity contribution in [2.24, 2.45) is 4.99 Å². The van der Waals surface area contributed by atoms with Gasteiger partial charge in [0, 0.05) is 65.0 Å². The molecule has 0 spiro atoms. The van der Waals surface area contributed by atoms with Crippen LogP contribution in [-0.4, -0.2) is 83.8 Å². The number of nitrogens with one attached hydrogen (secondary N) is 1. The van der Waals surface area contributed by atoms with Gasteiger partial charge in [-0.15, -0.1) is 0 Å². The highest BCUT2D eigenvalue weighted by Gasteiger charge is 2.30. The van der Waals surface area contributed by atoms with Crippen molar-refractivity contribution in [1.82, 2.24) is 20.0 Å². The summed E-state index contributed by atoms with van der Waals surface area (Å²) in [5.41, 5.74) is 0.924. The third kappa shape index (κ3) is 5.23. The second-order valence-electron chi connectivity index (χ2n) is 7.56. The molecule has 2 aliphatic heterocycles. The maximum atomic E-state index is 12.6. The van der Waals surface area contributed by atoms with Crippen LogP contribution >= 0.6 is 0 Å². The van der Waals surface area contributed by atoms with Crippen LogP contribution in [0.5, 0.6) is 0 Å². The third-order valence-corrected chi connectivity index (χ3v) is 5.72. The molecule has 2 heterocycles. The summed E-state index contributed by atoms with van der Waals surface area (Å²) in [7, 11) is 1.74. The number of hydrogen-bond acceptors (Lipinski definition) is 5. The lowest BCUT2D eigenvalue weighted by molar-refractivity contribution is -0.384. The first-order valence-electron chi connectivity index (χ1n) is 10.2.